The average Bonchev–Trinajstić information content (AvgIpc) is 2.18. The smallest absolute Gasteiger partial charge is 0.322 e. The minimum Gasteiger partial charge on any atom is -0.464 e. The van der Waals surface area contributed by atoms with Crippen LogP contribution in [0.3, 0.4) is 0 Å². The lowest BCUT2D eigenvalue weighted by atomic mass is 10.7. The molecule has 0 saturated heterocycles. The topological polar surface area (TPSA) is 69.2 Å². The largest absolute Gasteiger partial charge is 0.464 e. The molecule has 0 fully saturated rings. The minimum absolute atomic E-state index is 0.105. The molecule has 1 aromatic heterocycles. The van der Waals surface area contributed by atoms with Crippen molar-refractivity contribution in [2.75, 3.05) is 32.2 Å². The first-order valence-electron chi connectivity index (χ1n) is 4.53. The fourth-order valence-corrected chi connectivity index (χ4v) is 1.02. The summed E-state index contributed by atoms with van der Waals surface area (Å²) < 4.78 is 9.99. The summed E-state index contributed by atoms with van der Waals surface area (Å²) in [4.78, 5) is 11.7. The Hall–Kier alpha value is -1.14. The number of nitrogens with one attached hydrogen (secondary N) is 1. The Morgan fingerprint density at radius 3 is 2.80 bits per heavy atom. The summed E-state index contributed by atoms with van der Waals surface area (Å²) in [5.41, 5.74) is 0. The van der Waals surface area contributed by atoms with E-state index in [2.05, 4.69) is 20.3 Å². The van der Waals surface area contributed by atoms with Crippen LogP contribution in [-0.2, 0) is 4.74 Å². The molecule has 0 aromatic carbocycles. The number of methoxy groups -OCH3 is 1. The molecule has 15 heavy (non-hydrogen) atoms. The number of ether oxygens (including phenoxy) is 2. The molecule has 6 nitrogen and oxygen atoms in total. The molecule has 0 unspecified atom stereocenters. The van der Waals surface area contributed by atoms with Crippen molar-refractivity contribution in [1.82, 2.24) is 15.0 Å². The number of hydrogen-bond acceptors (Lipinski definition) is 6. The predicted octanol–water partition coefficient (Wildman–Crippen LogP) is 0.982. The SMILES string of the molecule is CCOc1nc(Cl)nc(NCCOC)n1. The Morgan fingerprint density at radius 2 is 2.13 bits per heavy atom. The van der Waals surface area contributed by atoms with Gasteiger partial charge in [-0.25, -0.2) is 0 Å². The summed E-state index contributed by atoms with van der Waals surface area (Å²) >= 11 is 5.69. The molecular formula is C8H13ClN4O2. The molecule has 7 heteroatoms. The molecule has 1 N–H and O–H groups in total. The third kappa shape index (κ3) is 4.26. The molecule has 0 aliphatic heterocycles. The average molecular weight is 233 g/mol. The Kier molecular flexibility index (Phi) is 5.06. The van der Waals surface area contributed by atoms with Gasteiger partial charge in [-0.05, 0) is 18.5 Å². The summed E-state index contributed by atoms with van der Waals surface area (Å²) in [6.07, 6.45) is 0. The molecule has 0 aliphatic rings. The van der Waals surface area contributed by atoms with Gasteiger partial charge in [-0.1, -0.05) is 0 Å². The fourth-order valence-electron chi connectivity index (χ4n) is 0.870. The van der Waals surface area contributed by atoms with Gasteiger partial charge in [-0.2, -0.15) is 15.0 Å². The molecule has 0 amide bonds. The number of halogens is 1. The van der Waals surface area contributed by atoms with E-state index in [-0.39, 0.29) is 11.3 Å². The van der Waals surface area contributed by atoms with Crippen molar-refractivity contribution in [2.24, 2.45) is 0 Å². The van der Waals surface area contributed by atoms with Gasteiger partial charge in [0.1, 0.15) is 0 Å². The highest BCUT2D eigenvalue weighted by Crippen LogP contribution is 2.10. The fraction of sp³-hybridized carbons (Fsp3) is 0.625. The first-order chi connectivity index (χ1) is 7.26. The Morgan fingerprint density at radius 1 is 1.33 bits per heavy atom. The van der Waals surface area contributed by atoms with Crippen molar-refractivity contribution >= 4 is 17.5 Å². The van der Waals surface area contributed by atoms with E-state index < -0.39 is 0 Å². The van der Waals surface area contributed by atoms with Crippen molar-refractivity contribution in [2.45, 2.75) is 6.92 Å². The zero-order valence-corrected chi connectivity index (χ0v) is 9.41. The second-order valence-electron chi connectivity index (χ2n) is 2.56. The summed E-state index contributed by atoms with van der Waals surface area (Å²) in [6.45, 7) is 3.49. The van der Waals surface area contributed by atoms with Crippen LogP contribution in [0.4, 0.5) is 5.95 Å². The summed E-state index contributed by atoms with van der Waals surface area (Å²) in [5.74, 6) is 0.385. The van der Waals surface area contributed by atoms with E-state index in [4.69, 9.17) is 21.1 Å². The lowest BCUT2D eigenvalue weighted by molar-refractivity contribution is 0.210. The maximum Gasteiger partial charge on any atom is 0.322 e. The number of nitrogens with zero attached hydrogens (tertiary/aromatic N) is 3. The lowest BCUT2D eigenvalue weighted by Gasteiger charge is -2.05. The van der Waals surface area contributed by atoms with Crippen LogP contribution in [0.5, 0.6) is 6.01 Å². The monoisotopic (exact) mass is 232 g/mol. The Bertz CT molecular complexity index is 311. The van der Waals surface area contributed by atoms with Gasteiger partial charge in [-0.15, -0.1) is 0 Å². The quantitative estimate of drug-likeness (QED) is 0.738. The van der Waals surface area contributed by atoms with Gasteiger partial charge in [0.2, 0.25) is 11.2 Å². The molecule has 0 aliphatic carbocycles. The van der Waals surface area contributed by atoms with E-state index >= 15 is 0 Å². The van der Waals surface area contributed by atoms with Crippen molar-refractivity contribution in [3.05, 3.63) is 5.28 Å². The molecule has 0 saturated carbocycles. The van der Waals surface area contributed by atoms with Crippen molar-refractivity contribution < 1.29 is 9.47 Å². The van der Waals surface area contributed by atoms with Crippen LogP contribution < -0.4 is 10.1 Å². The highest BCUT2D eigenvalue weighted by molar-refractivity contribution is 6.28. The summed E-state index contributed by atoms with van der Waals surface area (Å²) in [5, 5.41) is 3.04. The van der Waals surface area contributed by atoms with Crippen LogP contribution in [-0.4, -0.2) is 41.8 Å². The number of hydrogen-bond donors (Lipinski definition) is 1. The van der Waals surface area contributed by atoms with E-state index in [9.17, 15) is 0 Å². The van der Waals surface area contributed by atoms with Gasteiger partial charge in [0, 0.05) is 13.7 Å². The van der Waals surface area contributed by atoms with E-state index in [0.29, 0.717) is 25.7 Å². The van der Waals surface area contributed by atoms with Crippen molar-refractivity contribution in [1.29, 1.82) is 0 Å². The first-order valence-corrected chi connectivity index (χ1v) is 4.91. The van der Waals surface area contributed by atoms with Gasteiger partial charge >= 0.3 is 6.01 Å². The minimum atomic E-state index is 0.105. The molecule has 1 rings (SSSR count). The number of rotatable bonds is 6. The summed E-state index contributed by atoms with van der Waals surface area (Å²) in [6, 6.07) is 0.220. The van der Waals surface area contributed by atoms with Gasteiger partial charge in [0.05, 0.1) is 13.2 Å². The third-order valence-corrected chi connectivity index (χ3v) is 1.62. The second kappa shape index (κ2) is 6.36. The van der Waals surface area contributed by atoms with E-state index in [1.807, 2.05) is 6.92 Å². The Balaban J connectivity index is 2.62. The normalized spacial score (nSPS) is 10.1. The summed E-state index contributed by atoms with van der Waals surface area (Å²) in [7, 11) is 1.62. The van der Waals surface area contributed by atoms with E-state index in [1.54, 1.807) is 7.11 Å². The van der Waals surface area contributed by atoms with Gasteiger partial charge < -0.3 is 14.8 Å². The molecule has 0 spiro atoms. The number of aromatic nitrogens is 3. The number of anilines is 1. The van der Waals surface area contributed by atoms with Gasteiger partial charge in [0.15, 0.2) is 0 Å². The predicted molar refractivity (Wildman–Crippen MR) is 56.4 cm³/mol. The molecule has 84 valence electrons. The highest BCUT2D eigenvalue weighted by atomic mass is 35.5. The van der Waals surface area contributed by atoms with Gasteiger partial charge in [0.25, 0.3) is 0 Å². The van der Waals surface area contributed by atoms with Crippen LogP contribution in [0.15, 0.2) is 0 Å². The van der Waals surface area contributed by atoms with Gasteiger partial charge in [-0.3, -0.25) is 0 Å². The van der Waals surface area contributed by atoms with Crippen LogP contribution in [0.1, 0.15) is 6.92 Å². The van der Waals surface area contributed by atoms with Crippen LogP contribution >= 0.6 is 11.6 Å². The van der Waals surface area contributed by atoms with Crippen LogP contribution in [0, 0.1) is 0 Å². The molecule has 1 heterocycles. The zero-order chi connectivity index (χ0) is 11.1. The van der Waals surface area contributed by atoms with Crippen molar-refractivity contribution in [3.8, 4) is 6.01 Å². The standard InChI is InChI=1S/C8H13ClN4O2/c1-3-15-8-12-6(9)11-7(13-8)10-4-5-14-2/h3-5H2,1-2H3,(H,10,11,12,13). The van der Waals surface area contributed by atoms with Crippen LogP contribution in [0.25, 0.3) is 0 Å². The molecule has 1 aromatic rings. The molecular weight excluding hydrogens is 220 g/mol. The molecule has 0 bridgehead atoms. The third-order valence-electron chi connectivity index (χ3n) is 1.45. The van der Waals surface area contributed by atoms with Crippen LogP contribution in [0.2, 0.25) is 5.28 Å². The highest BCUT2D eigenvalue weighted by Gasteiger charge is 2.04. The Labute approximate surface area is 93.0 Å². The van der Waals surface area contributed by atoms with E-state index in [1.165, 1.54) is 0 Å². The first kappa shape index (κ1) is 11.9. The molecule has 0 atom stereocenters. The maximum absolute atomic E-state index is 5.69. The second-order valence-corrected chi connectivity index (χ2v) is 2.90. The molecule has 0 radical (unpaired) electrons. The van der Waals surface area contributed by atoms with Crippen molar-refractivity contribution in [3.63, 3.8) is 0 Å². The van der Waals surface area contributed by atoms with E-state index in [0.717, 1.165) is 0 Å². The maximum atomic E-state index is 5.69. The zero-order valence-electron chi connectivity index (χ0n) is 8.66. The lowest BCUT2D eigenvalue weighted by Crippen LogP contribution is -2.11.